The first-order valence-corrected chi connectivity index (χ1v) is 3.69. The summed E-state index contributed by atoms with van der Waals surface area (Å²) in [5, 5.41) is 0. The maximum absolute atomic E-state index is 5.25. The first-order valence-electron chi connectivity index (χ1n) is 3.69. The summed E-state index contributed by atoms with van der Waals surface area (Å²) >= 11 is 0. The molecule has 0 spiro atoms. The zero-order valence-corrected chi connectivity index (χ0v) is 6.80. The van der Waals surface area contributed by atoms with E-state index in [2.05, 4.69) is 6.92 Å². The minimum Gasteiger partial charge on any atom is -0.356 e. The Bertz CT molecular complexity index is 68.6. The Balaban J connectivity index is 3.21. The van der Waals surface area contributed by atoms with Crippen LogP contribution in [0.5, 0.6) is 0 Å². The van der Waals surface area contributed by atoms with Gasteiger partial charge in [-0.15, -0.1) is 0 Å². The van der Waals surface area contributed by atoms with E-state index in [-0.39, 0.29) is 6.29 Å². The second kappa shape index (κ2) is 6.99. The normalized spacial score (nSPS) is 13.5. The number of nitrogens with two attached hydrogens (primary N) is 1. The van der Waals surface area contributed by atoms with Gasteiger partial charge in [0.1, 0.15) is 0 Å². The van der Waals surface area contributed by atoms with Crippen molar-refractivity contribution in [1.82, 2.24) is 0 Å². The van der Waals surface area contributed by atoms with Gasteiger partial charge in [-0.05, 0) is 6.42 Å². The van der Waals surface area contributed by atoms with E-state index in [1.807, 2.05) is 0 Å². The van der Waals surface area contributed by atoms with Crippen LogP contribution in [0.25, 0.3) is 0 Å². The summed E-state index contributed by atoms with van der Waals surface area (Å²) in [4.78, 5) is 0. The zero-order valence-electron chi connectivity index (χ0n) is 6.80. The first kappa shape index (κ1) is 9.88. The summed E-state index contributed by atoms with van der Waals surface area (Å²) in [5.74, 6) is 0. The minimum atomic E-state index is -0.0615. The van der Waals surface area contributed by atoms with Gasteiger partial charge in [0, 0.05) is 13.7 Å². The van der Waals surface area contributed by atoms with Crippen LogP contribution in [0.1, 0.15) is 19.8 Å². The molecule has 0 aliphatic carbocycles. The highest BCUT2D eigenvalue weighted by atomic mass is 16.7. The Kier molecular flexibility index (Phi) is 6.91. The molecule has 0 amide bonds. The van der Waals surface area contributed by atoms with Gasteiger partial charge in [0.05, 0.1) is 6.61 Å². The molecule has 3 heteroatoms. The molecule has 0 radical (unpaired) electrons. The van der Waals surface area contributed by atoms with Gasteiger partial charge in [-0.2, -0.15) is 0 Å². The highest BCUT2D eigenvalue weighted by molar-refractivity contribution is 4.42. The van der Waals surface area contributed by atoms with Crippen LogP contribution in [0.2, 0.25) is 0 Å². The number of methoxy groups -OCH3 is 1. The molecule has 3 nitrogen and oxygen atoms in total. The van der Waals surface area contributed by atoms with Gasteiger partial charge in [0.25, 0.3) is 0 Å². The lowest BCUT2D eigenvalue weighted by Gasteiger charge is -2.13. The molecule has 0 bridgehead atoms. The number of hydrogen-bond acceptors (Lipinski definition) is 3. The van der Waals surface area contributed by atoms with Crippen molar-refractivity contribution < 1.29 is 9.47 Å². The van der Waals surface area contributed by atoms with E-state index in [4.69, 9.17) is 15.2 Å². The van der Waals surface area contributed by atoms with Crippen molar-refractivity contribution in [2.45, 2.75) is 26.1 Å². The molecule has 0 heterocycles. The molecular weight excluding hydrogens is 130 g/mol. The monoisotopic (exact) mass is 147 g/mol. The van der Waals surface area contributed by atoms with Crippen molar-refractivity contribution in [2.75, 3.05) is 20.3 Å². The Morgan fingerprint density at radius 1 is 1.50 bits per heavy atom. The van der Waals surface area contributed by atoms with Crippen molar-refractivity contribution in [1.29, 1.82) is 0 Å². The standard InChI is InChI=1S/C7H17NO2/c1-3-4-7(9-2)10-6-5-8/h7H,3-6,8H2,1-2H3. The third-order valence-corrected chi connectivity index (χ3v) is 1.21. The molecule has 0 aliphatic rings. The fourth-order valence-electron chi connectivity index (χ4n) is 0.704. The zero-order chi connectivity index (χ0) is 7.82. The van der Waals surface area contributed by atoms with Gasteiger partial charge in [0.15, 0.2) is 6.29 Å². The van der Waals surface area contributed by atoms with Crippen molar-refractivity contribution in [3.8, 4) is 0 Å². The van der Waals surface area contributed by atoms with Crippen LogP contribution in [-0.2, 0) is 9.47 Å². The highest BCUT2D eigenvalue weighted by Crippen LogP contribution is 2.01. The van der Waals surface area contributed by atoms with Gasteiger partial charge >= 0.3 is 0 Å². The molecule has 0 rings (SSSR count). The molecule has 0 aromatic heterocycles. The molecule has 0 fully saturated rings. The van der Waals surface area contributed by atoms with Gasteiger partial charge in [0.2, 0.25) is 0 Å². The fraction of sp³-hybridized carbons (Fsp3) is 1.00. The van der Waals surface area contributed by atoms with Crippen LogP contribution in [0.4, 0.5) is 0 Å². The molecule has 0 aromatic rings. The Morgan fingerprint density at radius 2 is 2.20 bits per heavy atom. The third kappa shape index (κ3) is 4.73. The van der Waals surface area contributed by atoms with Crippen LogP contribution in [0.3, 0.4) is 0 Å². The lowest BCUT2D eigenvalue weighted by Crippen LogP contribution is -2.19. The van der Waals surface area contributed by atoms with Gasteiger partial charge < -0.3 is 15.2 Å². The fourth-order valence-corrected chi connectivity index (χ4v) is 0.704. The van der Waals surface area contributed by atoms with Crippen LogP contribution >= 0.6 is 0 Å². The van der Waals surface area contributed by atoms with Crippen molar-refractivity contribution in [3.63, 3.8) is 0 Å². The van der Waals surface area contributed by atoms with Crippen LogP contribution in [0, 0.1) is 0 Å². The van der Waals surface area contributed by atoms with Crippen molar-refractivity contribution in [2.24, 2.45) is 5.73 Å². The largest absolute Gasteiger partial charge is 0.356 e. The Morgan fingerprint density at radius 3 is 2.60 bits per heavy atom. The van der Waals surface area contributed by atoms with E-state index in [0.717, 1.165) is 12.8 Å². The lowest BCUT2D eigenvalue weighted by atomic mass is 10.3. The SMILES string of the molecule is CCCC(OC)OCCN. The summed E-state index contributed by atoms with van der Waals surface area (Å²) in [6.07, 6.45) is 1.95. The maximum atomic E-state index is 5.25. The maximum Gasteiger partial charge on any atom is 0.157 e. The van der Waals surface area contributed by atoms with Crippen LogP contribution in [-0.4, -0.2) is 26.6 Å². The van der Waals surface area contributed by atoms with E-state index in [9.17, 15) is 0 Å². The molecule has 0 saturated carbocycles. The number of rotatable bonds is 6. The molecular formula is C7H17NO2. The van der Waals surface area contributed by atoms with E-state index < -0.39 is 0 Å². The molecule has 62 valence electrons. The smallest absolute Gasteiger partial charge is 0.157 e. The molecule has 0 aromatic carbocycles. The Hall–Kier alpha value is -0.120. The summed E-state index contributed by atoms with van der Waals surface area (Å²) < 4.78 is 10.2. The van der Waals surface area contributed by atoms with Crippen molar-refractivity contribution in [3.05, 3.63) is 0 Å². The van der Waals surface area contributed by atoms with E-state index in [1.165, 1.54) is 0 Å². The summed E-state index contributed by atoms with van der Waals surface area (Å²) in [6.45, 7) is 3.24. The summed E-state index contributed by atoms with van der Waals surface area (Å²) in [6, 6.07) is 0. The molecule has 2 N–H and O–H groups in total. The number of ether oxygens (including phenoxy) is 2. The molecule has 10 heavy (non-hydrogen) atoms. The average molecular weight is 147 g/mol. The van der Waals surface area contributed by atoms with Gasteiger partial charge in [-0.25, -0.2) is 0 Å². The second-order valence-corrected chi connectivity index (χ2v) is 2.11. The van der Waals surface area contributed by atoms with E-state index >= 15 is 0 Å². The van der Waals surface area contributed by atoms with Crippen LogP contribution < -0.4 is 5.73 Å². The van der Waals surface area contributed by atoms with Crippen molar-refractivity contribution >= 4 is 0 Å². The summed E-state index contributed by atoms with van der Waals surface area (Å²) in [7, 11) is 1.65. The number of hydrogen-bond donors (Lipinski definition) is 1. The van der Waals surface area contributed by atoms with Crippen LogP contribution in [0.15, 0.2) is 0 Å². The molecule has 0 aliphatic heterocycles. The first-order chi connectivity index (χ1) is 4.85. The average Bonchev–Trinajstić information content (AvgIpc) is 1.98. The van der Waals surface area contributed by atoms with Gasteiger partial charge in [-0.3, -0.25) is 0 Å². The lowest BCUT2D eigenvalue weighted by molar-refractivity contribution is -0.125. The molecule has 0 saturated heterocycles. The predicted octanol–water partition coefficient (Wildman–Crippen LogP) is 0.734. The predicted molar refractivity (Wildman–Crippen MR) is 40.7 cm³/mol. The third-order valence-electron chi connectivity index (χ3n) is 1.21. The van der Waals surface area contributed by atoms with E-state index in [1.54, 1.807) is 7.11 Å². The highest BCUT2D eigenvalue weighted by Gasteiger charge is 2.03. The molecule has 1 atom stereocenters. The quantitative estimate of drug-likeness (QED) is 0.563. The summed E-state index contributed by atoms with van der Waals surface area (Å²) in [5.41, 5.74) is 5.25. The Labute approximate surface area is 62.5 Å². The van der Waals surface area contributed by atoms with E-state index in [0.29, 0.717) is 13.2 Å². The molecule has 1 unspecified atom stereocenters. The second-order valence-electron chi connectivity index (χ2n) is 2.11. The minimum absolute atomic E-state index is 0.0615. The van der Waals surface area contributed by atoms with Gasteiger partial charge in [-0.1, -0.05) is 13.3 Å². The topological polar surface area (TPSA) is 44.5 Å².